The molecule has 0 aliphatic rings. The van der Waals surface area contributed by atoms with Crippen LogP contribution in [0.2, 0.25) is 0 Å². The van der Waals surface area contributed by atoms with Crippen LogP contribution >= 0.6 is 8.58 Å². The first kappa shape index (κ1) is 19.4. The molecule has 0 aliphatic carbocycles. The molecule has 1 heterocycles. The van der Waals surface area contributed by atoms with Gasteiger partial charge in [0.2, 0.25) is 0 Å². The predicted octanol–water partition coefficient (Wildman–Crippen LogP) is 5.32. The van der Waals surface area contributed by atoms with Gasteiger partial charge in [0.1, 0.15) is 5.75 Å². The van der Waals surface area contributed by atoms with E-state index in [0.717, 1.165) is 23.1 Å². The van der Waals surface area contributed by atoms with Gasteiger partial charge in [-0.3, -0.25) is 0 Å². The van der Waals surface area contributed by atoms with Crippen molar-refractivity contribution in [3.8, 4) is 5.75 Å². The average molecular weight is 378 g/mol. The Kier molecular flexibility index (Phi) is 5.82. The minimum atomic E-state index is -0.127. The standard InChI is InChI=1S/C23H27N2OP/c1-5-23(4,20-15-17(2)14-18(3)22(20)26)27-21-11-7-6-10-19(21)16-24-25-12-8-9-13-25/h6-16,26-27H,5H2,1-4H3/b24-16+. The summed E-state index contributed by atoms with van der Waals surface area (Å²) in [5, 5.41) is 16.4. The number of phenols is 1. The van der Waals surface area contributed by atoms with Crippen LogP contribution in [0.15, 0.2) is 66.0 Å². The number of hydrogen-bond acceptors (Lipinski definition) is 2. The summed E-state index contributed by atoms with van der Waals surface area (Å²) in [5.41, 5.74) is 4.29. The molecular weight excluding hydrogens is 351 g/mol. The summed E-state index contributed by atoms with van der Waals surface area (Å²) in [4.78, 5) is 0. The summed E-state index contributed by atoms with van der Waals surface area (Å²) in [6, 6.07) is 16.5. The normalized spacial score (nSPS) is 14.2. The second kappa shape index (κ2) is 8.10. The highest BCUT2D eigenvalue weighted by atomic mass is 31.1. The zero-order valence-electron chi connectivity index (χ0n) is 16.4. The van der Waals surface area contributed by atoms with Gasteiger partial charge in [-0.05, 0) is 43.3 Å². The number of phenolic OH excluding ortho intramolecular Hbond substituents is 1. The lowest BCUT2D eigenvalue weighted by atomic mass is 9.93. The number of rotatable bonds is 6. The number of nitrogens with zero attached hydrogens (tertiary/aromatic N) is 2. The van der Waals surface area contributed by atoms with Gasteiger partial charge in [0.15, 0.2) is 0 Å². The molecule has 0 radical (unpaired) electrons. The fourth-order valence-electron chi connectivity index (χ4n) is 3.28. The lowest BCUT2D eigenvalue weighted by Gasteiger charge is -2.31. The van der Waals surface area contributed by atoms with Crippen molar-refractivity contribution in [2.24, 2.45) is 5.10 Å². The average Bonchev–Trinajstić information content (AvgIpc) is 3.17. The summed E-state index contributed by atoms with van der Waals surface area (Å²) in [6.45, 7) is 8.51. The molecule has 27 heavy (non-hydrogen) atoms. The highest BCUT2D eigenvalue weighted by molar-refractivity contribution is 7.48. The molecule has 0 fully saturated rings. The second-order valence-corrected chi connectivity index (χ2v) is 9.08. The Bertz CT molecular complexity index is 947. The van der Waals surface area contributed by atoms with Gasteiger partial charge in [-0.1, -0.05) is 64.4 Å². The molecule has 0 amide bonds. The zero-order chi connectivity index (χ0) is 19.4. The first-order valence-electron chi connectivity index (χ1n) is 9.28. The van der Waals surface area contributed by atoms with Crippen LogP contribution in [0.25, 0.3) is 0 Å². The minimum absolute atomic E-state index is 0.127. The third-order valence-electron chi connectivity index (χ3n) is 5.04. The van der Waals surface area contributed by atoms with Gasteiger partial charge >= 0.3 is 0 Å². The lowest BCUT2D eigenvalue weighted by molar-refractivity contribution is 0.452. The molecule has 0 saturated heterocycles. The highest BCUT2D eigenvalue weighted by Crippen LogP contribution is 2.48. The third kappa shape index (κ3) is 4.31. The summed E-state index contributed by atoms with van der Waals surface area (Å²) in [6.07, 6.45) is 6.71. The van der Waals surface area contributed by atoms with Crippen LogP contribution in [0, 0.1) is 13.8 Å². The Labute approximate surface area is 163 Å². The molecule has 0 bridgehead atoms. The maximum atomic E-state index is 10.7. The van der Waals surface area contributed by atoms with Crippen molar-refractivity contribution < 1.29 is 5.11 Å². The van der Waals surface area contributed by atoms with Crippen LogP contribution in [0.4, 0.5) is 0 Å². The van der Waals surface area contributed by atoms with Gasteiger partial charge in [-0.2, -0.15) is 5.10 Å². The monoisotopic (exact) mass is 378 g/mol. The number of aryl methyl sites for hydroxylation is 2. The van der Waals surface area contributed by atoms with Crippen LogP contribution < -0.4 is 5.30 Å². The van der Waals surface area contributed by atoms with E-state index in [1.165, 1.54) is 10.9 Å². The fraction of sp³-hybridized carbons (Fsp3) is 0.261. The molecule has 0 spiro atoms. The Balaban J connectivity index is 1.98. The topological polar surface area (TPSA) is 37.5 Å². The molecule has 3 rings (SSSR count). The SMILES string of the molecule is CCC(C)(Pc1ccccc1/C=N/n1cccc1)c1cc(C)cc(C)c1O. The molecule has 1 aromatic heterocycles. The first-order chi connectivity index (χ1) is 12.9. The van der Waals surface area contributed by atoms with Crippen molar-refractivity contribution in [2.75, 3.05) is 0 Å². The molecule has 1 N–H and O–H groups in total. The first-order valence-corrected chi connectivity index (χ1v) is 10.3. The third-order valence-corrected chi connectivity index (χ3v) is 6.94. The number of aromatic nitrogens is 1. The molecule has 0 aliphatic heterocycles. The molecule has 2 unspecified atom stereocenters. The van der Waals surface area contributed by atoms with Gasteiger partial charge in [-0.15, -0.1) is 0 Å². The predicted molar refractivity (Wildman–Crippen MR) is 117 cm³/mol. The van der Waals surface area contributed by atoms with Crippen molar-refractivity contribution in [1.82, 2.24) is 4.68 Å². The van der Waals surface area contributed by atoms with Crippen molar-refractivity contribution in [2.45, 2.75) is 39.3 Å². The molecule has 2 aromatic carbocycles. The molecule has 3 aromatic rings. The van der Waals surface area contributed by atoms with Gasteiger partial charge in [0, 0.05) is 28.7 Å². The Morgan fingerprint density at radius 2 is 1.81 bits per heavy atom. The van der Waals surface area contributed by atoms with Crippen LogP contribution in [0.5, 0.6) is 5.75 Å². The molecule has 3 nitrogen and oxygen atoms in total. The van der Waals surface area contributed by atoms with E-state index in [-0.39, 0.29) is 5.16 Å². The zero-order valence-corrected chi connectivity index (χ0v) is 17.4. The Hall–Kier alpha value is -2.38. The fourth-order valence-corrected chi connectivity index (χ4v) is 4.85. The lowest BCUT2D eigenvalue weighted by Crippen LogP contribution is -2.20. The number of benzene rings is 2. The largest absolute Gasteiger partial charge is 0.507 e. The summed E-state index contributed by atoms with van der Waals surface area (Å²) in [7, 11) is 0.528. The van der Waals surface area contributed by atoms with E-state index in [2.05, 4.69) is 50.1 Å². The summed E-state index contributed by atoms with van der Waals surface area (Å²) >= 11 is 0. The van der Waals surface area contributed by atoms with Gasteiger partial charge in [-0.25, -0.2) is 4.68 Å². The van der Waals surface area contributed by atoms with Gasteiger partial charge < -0.3 is 5.11 Å². The van der Waals surface area contributed by atoms with Crippen LogP contribution in [-0.2, 0) is 5.16 Å². The van der Waals surface area contributed by atoms with Crippen molar-refractivity contribution in [3.05, 3.63) is 83.2 Å². The van der Waals surface area contributed by atoms with Crippen LogP contribution in [-0.4, -0.2) is 16.0 Å². The van der Waals surface area contributed by atoms with E-state index >= 15 is 0 Å². The van der Waals surface area contributed by atoms with Crippen molar-refractivity contribution in [1.29, 1.82) is 0 Å². The highest BCUT2D eigenvalue weighted by Gasteiger charge is 2.29. The van der Waals surface area contributed by atoms with E-state index in [9.17, 15) is 5.11 Å². The van der Waals surface area contributed by atoms with E-state index in [0.29, 0.717) is 14.3 Å². The van der Waals surface area contributed by atoms with Gasteiger partial charge in [0.05, 0.1) is 6.21 Å². The molecular formula is C23H27N2OP. The Morgan fingerprint density at radius 1 is 1.11 bits per heavy atom. The minimum Gasteiger partial charge on any atom is -0.507 e. The van der Waals surface area contributed by atoms with Gasteiger partial charge in [0.25, 0.3) is 0 Å². The van der Waals surface area contributed by atoms with Crippen molar-refractivity contribution >= 4 is 20.1 Å². The van der Waals surface area contributed by atoms with Crippen LogP contribution in [0.1, 0.15) is 42.5 Å². The second-order valence-electron chi connectivity index (χ2n) is 7.18. The molecule has 140 valence electrons. The van der Waals surface area contributed by atoms with E-state index in [1.54, 1.807) is 4.68 Å². The van der Waals surface area contributed by atoms with E-state index in [4.69, 9.17) is 0 Å². The maximum Gasteiger partial charge on any atom is 0.122 e. The number of hydrogen-bond donors (Lipinski definition) is 1. The van der Waals surface area contributed by atoms with Crippen molar-refractivity contribution in [3.63, 3.8) is 0 Å². The maximum absolute atomic E-state index is 10.7. The molecule has 4 heteroatoms. The van der Waals surface area contributed by atoms with E-state index in [1.807, 2.05) is 49.8 Å². The summed E-state index contributed by atoms with van der Waals surface area (Å²) < 4.78 is 1.80. The smallest absolute Gasteiger partial charge is 0.122 e. The quantitative estimate of drug-likeness (QED) is 0.457. The summed E-state index contributed by atoms with van der Waals surface area (Å²) in [5.74, 6) is 0.427. The van der Waals surface area contributed by atoms with Crippen LogP contribution in [0.3, 0.4) is 0 Å². The molecule has 2 atom stereocenters. The Morgan fingerprint density at radius 3 is 2.52 bits per heavy atom. The molecule has 0 saturated carbocycles. The van der Waals surface area contributed by atoms with E-state index < -0.39 is 0 Å². The number of aromatic hydroxyl groups is 1.